The maximum Gasteiger partial charge on any atom is 0.303 e. The molecule has 0 bridgehead atoms. The van der Waals surface area contributed by atoms with Crippen LogP contribution in [0.3, 0.4) is 0 Å². The van der Waals surface area contributed by atoms with Crippen LogP contribution in [0.5, 0.6) is 0 Å². The lowest BCUT2D eigenvalue weighted by Crippen LogP contribution is -2.46. The fraction of sp³-hybridized carbons (Fsp3) is 0.571. The highest BCUT2D eigenvalue weighted by molar-refractivity contribution is 5.69. The zero-order valence-electron chi connectivity index (χ0n) is 14.1. The molecule has 0 rings (SSSR count). The van der Waals surface area contributed by atoms with Crippen molar-refractivity contribution in [3.63, 3.8) is 0 Å². The molecule has 0 aliphatic rings. The van der Waals surface area contributed by atoms with Crippen molar-refractivity contribution >= 4 is 23.9 Å². The van der Waals surface area contributed by atoms with Crippen LogP contribution in [0.25, 0.3) is 0 Å². The van der Waals surface area contributed by atoms with Gasteiger partial charge in [-0.05, 0) is 0 Å². The van der Waals surface area contributed by atoms with Gasteiger partial charge in [0.2, 0.25) is 6.20 Å². The molecule has 11 heteroatoms. The summed E-state index contributed by atoms with van der Waals surface area (Å²) in [7, 11) is 0. The number of nitro groups is 1. The van der Waals surface area contributed by atoms with E-state index in [4.69, 9.17) is 18.9 Å². The Morgan fingerprint density at radius 3 is 1.84 bits per heavy atom. The average Bonchev–Trinajstić information content (AvgIpc) is 2.44. The fourth-order valence-corrected chi connectivity index (χ4v) is 1.72. The third kappa shape index (κ3) is 10.4. The molecule has 0 aromatic rings. The Labute approximate surface area is 143 Å². The molecule has 0 radical (unpaired) electrons. The number of carbonyl (C=O) groups excluding carboxylic acids is 4. The molecule has 0 heterocycles. The highest BCUT2D eigenvalue weighted by atomic mass is 16.6. The van der Waals surface area contributed by atoms with Crippen LogP contribution in [0.4, 0.5) is 0 Å². The molecule has 0 aliphatic heterocycles. The number of esters is 4. The molecule has 140 valence electrons. The first-order valence-corrected chi connectivity index (χ1v) is 6.99. The maximum atomic E-state index is 11.3. The van der Waals surface area contributed by atoms with E-state index >= 15 is 0 Å². The summed E-state index contributed by atoms with van der Waals surface area (Å²) in [6.45, 7) is 3.70. The molecule has 3 atom stereocenters. The van der Waals surface area contributed by atoms with Crippen LogP contribution in [0.2, 0.25) is 0 Å². The Morgan fingerprint density at radius 2 is 1.44 bits per heavy atom. The van der Waals surface area contributed by atoms with Gasteiger partial charge >= 0.3 is 23.9 Å². The number of hydrogen-bond donors (Lipinski definition) is 0. The monoisotopic (exact) mass is 361 g/mol. The Bertz CT molecular complexity index is 556. The predicted octanol–water partition coefficient (Wildman–Crippen LogP) is 0.135. The van der Waals surface area contributed by atoms with Gasteiger partial charge in [-0.15, -0.1) is 0 Å². The molecule has 0 aromatic carbocycles. The minimum atomic E-state index is -1.47. The second-order valence-corrected chi connectivity index (χ2v) is 4.73. The van der Waals surface area contributed by atoms with E-state index in [0.717, 1.165) is 33.8 Å². The molecule has 0 spiro atoms. The number of carbonyl (C=O) groups is 4. The molecule has 0 saturated carbocycles. The van der Waals surface area contributed by atoms with Gasteiger partial charge in [-0.2, -0.15) is 0 Å². The molecular formula is C14H19NO10. The smallest absolute Gasteiger partial charge is 0.303 e. The van der Waals surface area contributed by atoms with Crippen molar-refractivity contribution in [2.45, 2.75) is 46.0 Å². The van der Waals surface area contributed by atoms with E-state index in [1.54, 1.807) is 0 Å². The molecule has 0 unspecified atom stereocenters. The molecule has 25 heavy (non-hydrogen) atoms. The van der Waals surface area contributed by atoms with E-state index in [-0.39, 0.29) is 0 Å². The molecule has 11 nitrogen and oxygen atoms in total. The zero-order valence-corrected chi connectivity index (χ0v) is 14.1. The lowest BCUT2D eigenvalue weighted by Gasteiger charge is -2.29. The van der Waals surface area contributed by atoms with Crippen LogP contribution >= 0.6 is 0 Å². The predicted molar refractivity (Wildman–Crippen MR) is 79.4 cm³/mol. The summed E-state index contributed by atoms with van der Waals surface area (Å²) in [5, 5.41) is 10.5. The second kappa shape index (κ2) is 10.7. The van der Waals surface area contributed by atoms with Gasteiger partial charge in [0.25, 0.3) is 0 Å². The van der Waals surface area contributed by atoms with E-state index in [1.807, 2.05) is 0 Å². The first kappa shape index (κ1) is 22.0. The summed E-state index contributed by atoms with van der Waals surface area (Å²) < 4.78 is 19.6. The first-order chi connectivity index (χ1) is 11.5. The zero-order chi connectivity index (χ0) is 19.6. The lowest BCUT2D eigenvalue weighted by atomic mass is 10.1. The van der Waals surface area contributed by atoms with Gasteiger partial charge in [-0.25, -0.2) is 0 Å². The maximum absolute atomic E-state index is 11.3. The van der Waals surface area contributed by atoms with Gasteiger partial charge in [-0.1, -0.05) is 0 Å². The van der Waals surface area contributed by atoms with Crippen molar-refractivity contribution < 1.29 is 43.0 Å². The Balaban J connectivity index is 5.72. The minimum Gasteiger partial charge on any atom is -0.462 e. The van der Waals surface area contributed by atoms with E-state index in [0.29, 0.717) is 6.20 Å². The molecule has 0 amide bonds. The highest BCUT2D eigenvalue weighted by Gasteiger charge is 2.37. The summed E-state index contributed by atoms with van der Waals surface area (Å²) in [5.74, 6) is -3.17. The van der Waals surface area contributed by atoms with Crippen molar-refractivity contribution in [1.82, 2.24) is 0 Å². The Kier molecular flexibility index (Phi) is 9.45. The van der Waals surface area contributed by atoms with Crippen LogP contribution in [-0.2, 0) is 38.1 Å². The summed E-state index contributed by atoms with van der Waals surface area (Å²) in [6.07, 6.45) is -2.96. The van der Waals surface area contributed by atoms with Crippen molar-refractivity contribution in [2.75, 3.05) is 6.61 Å². The first-order valence-electron chi connectivity index (χ1n) is 6.99. The normalized spacial score (nSPS) is 14.1. The molecular weight excluding hydrogens is 342 g/mol. The lowest BCUT2D eigenvalue weighted by molar-refractivity contribution is -0.403. The van der Waals surface area contributed by atoms with E-state index in [9.17, 15) is 29.3 Å². The van der Waals surface area contributed by atoms with Gasteiger partial charge in [0.05, 0.1) is 4.92 Å². The SMILES string of the molecule is CC(=O)OC[C@H](OC(C)=O)[C@H](OC(C)=O)[C@@H](/C=C/[N+](=O)[O-])OC(C)=O. The molecule has 0 saturated heterocycles. The summed E-state index contributed by atoms with van der Waals surface area (Å²) in [6, 6.07) is 0. The van der Waals surface area contributed by atoms with Crippen molar-refractivity contribution in [3.8, 4) is 0 Å². The molecule has 0 fully saturated rings. The van der Waals surface area contributed by atoms with E-state index in [1.165, 1.54) is 0 Å². The Hall–Kier alpha value is -2.98. The summed E-state index contributed by atoms with van der Waals surface area (Å²) in [4.78, 5) is 54.5. The standard InChI is InChI=1S/C14H19NO10/c1-8(16)22-7-13(24-10(3)18)14(25-11(4)19)12(23-9(2)17)5-6-15(20)21/h5-6,12-14H,7H2,1-4H3/b6-5+/t12-,13+,14-/m1/s1. The topological polar surface area (TPSA) is 148 Å². The van der Waals surface area contributed by atoms with Gasteiger partial charge in [0.15, 0.2) is 18.3 Å². The van der Waals surface area contributed by atoms with E-state index in [2.05, 4.69) is 0 Å². The van der Waals surface area contributed by atoms with Crippen molar-refractivity contribution in [2.24, 2.45) is 0 Å². The quantitative estimate of drug-likeness (QED) is 0.240. The van der Waals surface area contributed by atoms with Crippen LogP contribution in [-0.4, -0.2) is 53.7 Å². The molecule has 0 N–H and O–H groups in total. The third-order valence-corrected chi connectivity index (χ3v) is 2.46. The van der Waals surface area contributed by atoms with Crippen LogP contribution in [0.1, 0.15) is 27.7 Å². The number of nitrogens with zero attached hydrogens (tertiary/aromatic N) is 1. The fourth-order valence-electron chi connectivity index (χ4n) is 1.72. The number of hydrogen-bond acceptors (Lipinski definition) is 10. The van der Waals surface area contributed by atoms with Gasteiger partial charge in [0.1, 0.15) is 6.61 Å². The van der Waals surface area contributed by atoms with Crippen LogP contribution in [0, 0.1) is 10.1 Å². The van der Waals surface area contributed by atoms with Crippen molar-refractivity contribution in [1.29, 1.82) is 0 Å². The van der Waals surface area contributed by atoms with Crippen molar-refractivity contribution in [3.05, 3.63) is 22.4 Å². The second-order valence-electron chi connectivity index (χ2n) is 4.73. The minimum absolute atomic E-state index is 0.473. The van der Waals surface area contributed by atoms with Gasteiger partial charge < -0.3 is 18.9 Å². The van der Waals surface area contributed by atoms with Gasteiger partial charge in [0, 0.05) is 33.8 Å². The van der Waals surface area contributed by atoms with Gasteiger partial charge in [-0.3, -0.25) is 29.3 Å². The van der Waals surface area contributed by atoms with E-state index < -0.39 is 53.7 Å². The van der Waals surface area contributed by atoms with Crippen LogP contribution < -0.4 is 0 Å². The molecule has 0 aliphatic carbocycles. The average molecular weight is 361 g/mol. The number of ether oxygens (including phenoxy) is 4. The highest BCUT2D eigenvalue weighted by Crippen LogP contribution is 2.16. The summed E-state index contributed by atoms with van der Waals surface area (Å²) in [5.41, 5.74) is 0. The number of rotatable bonds is 9. The molecule has 0 aromatic heterocycles. The summed E-state index contributed by atoms with van der Waals surface area (Å²) >= 11 is 0. The van der Waals surface area contributed by atoms with Crippen LogP contribution in [0.15, 0.2) is 12.3 Å². The largest absolute Gasteiger partial charge is 0.462 e. The Morgan fingerprint density at radius 1 is 0.920 bits per heavy atom. The third-order valence-electron chi connectivity index (χ3n) is 2.46.